The molecule has 3 nitrogen and oxygen atoms in total. The summed E-state index contributed by atoms with van der Waals surface area (Å²) in [4.78, 5) is 3.90. The standard InChI is InChI=1S/C5H7N2O/c1-4-3-8-5(6-2)7-4/h3H,1-2H3/q-1. The molecule has 1 heterocycles. The van der Waals surface area contributed by atoms with Crippen LogP contribution in [-0.2, 0) is 0 Å². The summed E-state index contributed by atoms with van der Waals surface area (Å²) in [5, 5.41) is 3.71. The zero-order valence-corrected chi connectivity index (χ0v) is 4.88. The number of hydrogen-bond acceptors (Lipinski definition) is 2. The smallest absolute Gasteiger partial charge is 0.104 e. The first kappa shape index (κ1) is 5.15. The second-order valence-corrected chi connectivity index (χ2v) is 1.50. The maximum absolute atomic E-state index is 4.84. The molecule has 8 heavy (non-hydrogen) atoms. The van der Waals surface area contributed by atoms with Crippen molar-refractivity contribution in [1.82, 2.24) is 4.98 Å². The van der Waals surface area contributed by atoms with Gasteiger partial charge in [-0.05, 0) is 12.6 Å². The van der Waals surface area contributed by atoms with Crippen LogP contribution < -0.4 is 0 Å². The van der Waals surface area contributed by atoms with Crippen molar-refractivity contribution in [3.63, 3.8) is 0 Å². The molecule has 0 unspecified atom stereocenters. The predicted molar refractivity (Wildman–Crippen MR) is 30.2 cm³/mol. The Morgan fingerprint density at radius 2 is 2.50 bits per heavy atom. The van der Waals surface area contributed by atoms with Crippen LogP contribution in [0.5, 0.6) is 0 Å². The highest BCUT2D eigenvalue weighted by Gasteiger charge is 1.80. The van der Waals surface area contributed by atoms with Crippen LogP contribution >= 0.6 is 0 Å². The monoisotopic (exact) mass is 111 g/mol. The van der Waals surface area contributed by atoms with Gasteiger partial charge in [-0.1, -0.05) is 7.05 Å². The van der Waals surface area contributed by atoms with Crippen molar-refractivity contribution in [2.75, 3.05) is 7.05 Å². The van der Waals surface area contributed by atoms with Gasteiger partial charge in [0.15, 0.2) is 0 Å². The van der Waals surface area contributed by atoms with Crippen molar-refractivity contribution < 1.29 is 4.42 Å². The Morgan fingerprint density at radius 1 is 1.75 bits per heavy atom. The molecule has 0 aliphatic rings. The Labute approximate surface area is 47.7 Å². The molecule has 1 aromatic heterocycles. The molecular weight excluding hydrogens is 104 g/mol. The lowest BCUT2D eigenvalue weighted by Crippen LogP contribution is -1.65. The van der Waals surface area contributed by atoms with E-state index in [4.69, 9.17) is 4.42 Å². The fourth-order valence-electron chi connectivity index (χ4n) is 0.444. The molecule has 0 spiro atoms. The minimum atomic E-state index is 0.447. The topological polar surface area (TPSA) is 40.1 Å². The first-order valence-corrected chi connectivity index (χ1v) is 2.35. The zero-order chi connectivity index (χ0) is 5.98. The maximum atomic E-state index is 4.84. The van der Waals surface area contributed by atoms with Gasteiger partial charge in [0.05, 0.1) is 6.26 Å². The second kappa shape index (κ2) is 1.86. The average Bonchev–Trinajstić information content (AvgIpc) is 2.14. The Hall–Kier alpha value is -0.990. The Kier molecular flexibility index (Phi) is 1.20. The first-order valence-electron chi connectivity index (χ1n) is 2.35. The molecule has 0 fully saturated rings. The van der Waals surface area contributed by atoms with Crippen LogP contribution in [0, 0.1) is 6.92 Å². The lowest BCUT2D eigenvalue weighted by molar-refractivity contribution is 0.580. The van der Waals surface area contributed by atoms with E-state index in [1.54, 1.807) is 13.3 Å². The van der Waals surface area contributed by atoms with E-state index in [1.807, 2.05) is 6.92 Å². The van der Waals surface area contributed by atoms with E-state index in [9.17, 15) is 0 Å². The summed E-state index contributed by atoms with van der Waals surface area (Å²) in [6.07, 6.45) is 1.57. The van der Waals surface area contributed by atoms with Gasteiger partial charge in [-0.25, -0.2) is 0 Å². The van der Waals surface area contributed by atoms with Crippen molar-refractivity contribution >= 4 is 6.01 Å². The molecule has 0 aromatic carbocycles. The second-order valence-electron chi connectivity index (χ2n) is 1.50. The molecule has 1 rings (SSSR count). The van der Waals surface area contributed by atoms with Gasteiger partial charge >= 0.3 is 0 Å². The van der Waals surface area contributed by atoms with E-state index >= 15 is 0 Å². The highest BCUT2D eigenvalue weighted by atomic mass is 16.4. The lowest BCUT2D eigenvalue weighted by Gasteiger charge is -1.96. The third-order valence-electron chi connectivity index (χ3n) is 0.798. The summed E-state index contributed by atoms with van der Waals surface area (Å²) in [5.41, 5.74) is 0.866. The summed E-state index contributed by atoms with van der Waals surface area (Å²) in [5.74, 6) is 0. The first-order chi connectivity index (χ1) is 3.83. The SMILES string of the molecule is C[N-]c1nc(C)co1. The van der Waals surface area contributed by atoms with Crippen LogP contribution in [0.25, 0.3) is 5.32 Å². The summed E-state index contributed by atoms with van der Waals surface area (Å²) >= 11 is 0. The number of oxazole rings is 1. The molecule has 0 bridgehead atoms. The molecule has 3 heteroatoms. The quantitative estimate of drug-likeness (QED) is 0.552. The summed E-state index contributed by atoms with van der Waals surface area (Å²) in [6.45, 7) is 1.86. The number of hydrogen-bond donors (Lipinski definition) is 0. The van der Waals surface area contributed by atoms with Crippen LogP contribution in [0.3, 0.4) is 0 Å². The van der Waals surface area contributed by atoms with Gasteiger partial charge < -0.3 is 14.7 Å². The van der Waals surface area contributed by atoms with Crippen LogP contribution in [-0.4, -0.2) is 12.0 Å². The Balaban J connectivity index is 2.84. The minimum Gasteiger partial charge on any atom is -0.473 e. The van der Waals surface area contributed by atoms with Crippen LogP contribution in [0.4, 0.5) is 6.01 Å². The Morgan fingerprint density at radius 3 is 2.75 bits per heavy atom. The number of aromatic nitrogens is 1. The third kappa shape index (κ3) is 0.804. The Bertz CT molecular complexity index is 171. The van der Waals surface area contributed by atoms with Gasteiger partial charge in [0.1, 0.15) is 6.01 Å². The molecule has 0 saturated carbocycles. The van der Waals surface area contributed by atoms with Gasteiger partial charge in [-0.15, -0.1) is 0 Å². The van der Waals surface area contributed by atoms with Gasteiger partial charge in [0.25, 0.3) is 0 Å². The van der Waals surface area contributed by atoms with Gasteiger partial charge in [-0.2, -0.15) is 0 Å². The van der Waals surface area contributed by atoms with Crippen LogP contribution in [0.15, 0.2) is 10.7 Å². The highest BCUT2D eigenvalue weighted by molar-refractivity contribution is 5.25. The zero-order valence-electron chi connectivity index (χ0n) is 4.88. The molecule has 0 radical (unpaired) electrons. The number of rotatable bonds is 1. The van der Waals surface area contributed by atoms with E-state index in [-0.39, 0.29) is 0 Å². The fraction of sp³-hybridized carbons (Fsp3) is 0.400. The number of aryl methyl sites for hydroxylation is 1. The minimum absolute atomic E-state index is 0.447. The van der Waals surface area contributed by atoms with E-state index in [2.05, 4.69) is 10.3 Å². The predicted octanol–water partition coefficient (Wildman–Crippen LogP) is 1.62. The molecule has 0 amide bonds. The molecule has 44 valence electrons. The molecule has 0 N–H and O–H groups in total. The van der Waals surface area contributed by atoms with Crippen LogP contribution in [0.1, 0.15) is 5.69 Å². The normalized spacial score (nSPS) is 9.25. The average molecular weight is 111 g/mol. The van der Waals surface area contributed by atoms with Crippen molar-refractivity contribution in [2.45, 2.75) is 6.92 Å². The van der Waals surface area contributed by atoms with E-state index in [0.717, 1.165) is 5.69 Å². The molecule has 0 aliphatic carbocycles. The van der Waals surface area contributed by atoms with Crippen molar-refractivity contribution in [1.29, 1.82) is 0 Å². The highest BCUT2D eigenvalue weighted by Crippen LogP contribution is 2.12. The number of nitrogens with zero attached hydrogens (tertiary/aromatic N) is 2. The summed E-state index contributed by atoms with van der Waals surface area (Å²) in [6, 6.07) is 0.447. The molecule has 0 aliphatic heterocycles. The van der Waals surface area contributed by atoms with Crippen LogP contribution in [0.2, 0.25) is 0 Å². The molecule has 0 saturated heterocycles. The van der Waals surface area contributed by atoms with E-state index in [0.29, 0.717) is 6.01 Å². The van der Waals surface area contributed by atoms with Gasteiger partial charge in [0.2, 0.25) is 0 Å². The van der Waals surface area contributed by atoms with E-state index in [1.165, 1.54) is 0 Å². The van der Waals surface area contributed by atoms with Crippen molar-refractivity contribution in [2.24, 2.45) is 0 Å². The molecule has 1 aromatic rings. The summed E-state index contributed by atoms with van der Waals surface area (Å²) in [7, 11) is 1.64. The summed E-state index contributed by atoms with van der Waals surface area (Å²) < 4.78 is 4.84. The third-order valence-corrected chi connectivity index (χ3v) is 0.798. The van der Waals surface area contributed by atoms with Gasteiger partial charge in [-0.3, -0.25) is 0 Å². The molecular formula is C5H7N2O-. The van der Waals surface area contributed by atoms with Crippen molar-refractivity contribution in [3.05, 3.63) is 17.3 Å². The lowest BCUT2D eigenvalue weighted by atomic mass is 10.6. The maximum Gasteiger partial charge on any atom is 0.104 e. The van der Waals surface area contributed by atoms with Crippen molar-refractivity contribution in [3.8, 4) is 0 Å². The van der Waals surface area contributed by atoms with Gasteiger partial charge in [0, 0.05) is 0 Å². The molecule has 0 atom stereocenters. The fourth-order valence-corrected chi connectivity index (χ4v) is 0.444. The largest absolute Gasteiger partial charge is 0.473 e. The van der Waals surface area contributed by atoms with E-state index < -0.39 is 0 Å².